The lowest BCUT2D eigenvalue weighted by atomic mass is 10.1. The van der Waals surface area contributed by atoms with Gasteiger partial charge in [0.25, 0.3) is 0 Å². The van der Waals surface area contributed by atoms with Gasteiger partial charge in [0.2, 0.25) is 0 Å². The first-order valence-corrected chi connectivity index (χ1v) is 5.76. The number of rotatable bonds is 2. The number of nitrogens with zero attached hydrogens (tertiary/aromatic N) is 1. The molecular weight excluding hydrogens is 243 g/mol. The van der Waals surface area contributed by atoms with Crippen molar-refractivity contribution in [3.8, 4) is 0 Å². The molecule has 1 heterocycles. The number of hydrogen-bond acceptors (Lipinski definition) is 2. The Morgan fingerprint density at radius 1 is 1.50 bits per heavy atom. The van der Waals surface area contributed by atoms with Crippen molar-refractivity contribution in [1.82, 2.24) is 4.90 Å². The average molecular weight is 261 g/mol. The van der Waals surface area contributed by atoms with Gasteiger partial charge >= 0.3 is 0 Å². The van der Waals surface area contributed by atoms with Gasteiger partial charge < -0.3 is 5.73 Å². The summed E-state index contributed by atoms with van der Waals surface area (Å²) in [5.74, 6) is 0. The van der Waals surface area contributed by atoms with Crippen LogP contribution in [0.4, 0.5) is 0 Å². The van der Waals surface area contributed by atoms with Crippen LogP contribution in [0.25, 0.3) is 0 Å². The summed E-state index contributed by atoms with van der Waals surface area (Å²) < 4.78 is 0. The average Bonchev–Trinajstić information content (AvgIpc) is 2.58. The number of nitrogens with two attached hydrogens (primary N) is 1. The Balaban J connectivity index is 0.00000128. The molecule has 1 aliphatic heterocycles. The standard InChI is InChI=1S/C12H17ClN2.ClH/c1-9-2-3-10(6-12(9)13)7-15-5-4-11(14)8-15;/h2-3,6,11H,4-5,7-8,14H2,1H3;1H/t11-;/m1./s1. The predicted octanol–water partition coefficient (Wildman–Crippen LogP) is 2.60. The molecule has 2 nitrogen and oxygen atoms in total. The summed E-state index contributed by atoms with van der Waals surface area (Å²) in [5.41, 5.74) is 8.28. The molecule has 90 valence electrons. The lowest BCUT2D eigenvalue weighted by Crippen LogP contribution is -2.26. The van der Waals surface area contributed by atoms with Gasteiger partial charge in [0.05, 0.1) is 0 Å². The molecule has 0 amide bonds. The van der Waals surface area contributed by atoms with Crippen LogP contribution in [0, 0.1) is 6.92 Å². The van der Waals surface area contributed by atoms with Crippen LogP contribution in [0.2, 0.25) is 5.02 Å². The van der Waals surface area contributed by atoms with Crippen LogP contribution in [0.15, 0.2) is 18.2 Å². The third-order valence-corrected chi connectivity index (χ3v) is 3.36. The van der Waals surface area contributed by atoms with E-state index in [4.69, 9.17) is 17.3 Å². The maximum absolute atomic E-state index is 6.08. The highest BCUT2D eigenvalue weighted by atomic mass is 35.5. The fourth-order valence-electron chi connectivity index (χ4n) is 2.00. The van der Waals surface area contributed by atoms with Crippen molar-refractivity contribution in [2.45, 2.75) is 25.9 Å². The first kappa shape index (κ1) is 13.8. The molecule has 1 saturated heterocycles. The molecule has 0 unspecified atom stereocenters. The van der Waals surface area contributed by atoms with Gasteiger partial charge in [-0.3, -0.25) is 4.90 Å². The number of likely N-dealkylation sites (tertiary alicyclic amines) is 1. The molecule has 0 bridgehead atoms. The molecule has 0 radical (unpaired) electrons. The highest BCUT2D eigenvalue weighted by Gasteiger charge is 2.18. The molecule has 1 fully saturated rings. The molecule has 2 rings (SSSR count). The van der Waals surface area contributed by atoms with E-state index in [9.17, 15) is 0 Å². The van der Waals surface area contributed by atoms with Crippen LogP contribution in [0.3, 0.4) is 0 Å². The molecule has 0 aromatic heterocycles. The summed E-state index contributed by atoms with van der Waals surface area (Å²) >= 11 is 6.08. The Morgan fingerprint density at radius 3 is 2.81 bits per heavy atom. The van der Waals surface area contributed by atoms with E-state index in [-0.39, 0.29) is 12.4 Å². The summed E-state index contributed by atoms with van der Waals surface area (Å²) in [7, 11) is 0. The van der Waals surface area contributed by atoms with Gasteiger partial charge in [0.15, 0.2) is 0 Å². The number of benzene rings is 1. The third-order valence-electron chi connectivity index (χ3n) is 2.95. The van der Waals surface area contributed by atoms with Gasteiger partial charge in [0, 0.05) is 30.7 Å². The molecule has 0 aliphatic carbocycles. The van der Waals surface area contributed by atoms with Crippen LogP contribution in [-0.4, -0.2) is 24.0 Å². The van der Waals surface area contributed by atoms with Gasteiger partial charge in [-0.2, -0.15) is 0 Å². The van der Waals surface area contributed by atoms with Crippen molar-refractivity contribution >= 4 is 24.0 Å². The van der Waals surface area contributed by atoms with Crippen molar-refractivity contribution < 1.29 is 0 Å². The number of aryl methyl sites for hydroxylation is 1. The van der Waals surface area contributed by atoms with Crippen molar-refractivity contribution in [1.29, 1.82) is 0 Å². The van der Waals surface area contributed by atoms with Gasteiger partial charge in [0.1, 0.15) is 0 Å². The Labute approximate surface area is 108 Å². The lowest BCUT2D eigenvalue weighted by Gasteiger charge is -2.15. The van der Waals surface area contributed by atoms with E-state index in [0.29, 0.717) is 6.04 Å². The highest BCUT2D eigenvalue weighted by Crippen LogP contribution is 2.19. The summed E-state index contributed by atoms with van der Waals surface area (Å²) in [6.45, 7) is 5.10. The van der Waals surface area contributed by atoms with Gasteiger partial charge in [-0.05, 0) is 30.5 Å². The van der Waals surface area contributed by atoms with Gasteiger partial charge in [-0.1, -0.05) is 23.7 Å². The number of hydrogen-bond donors (Lipinski definition) is 1. The van der Waals surface area contributed by atoms with Gasteiger partial charge in [-0.15, -0.1) is 12.4 Å². The van der Waals surface area contributed by atoms with Crippen LogP contribution < -0.4 is 5.73 Å². The van der Waals surface area contributed by atoms with Gasteiger partial charge in [-0.25, -0.2) is 0 Å². The minimum Gasteiger partial charge on any atom is -0.326 e. The molecule has 2 N–H and O–H groups in total. The Bertz CT molecular complexity index is 355. The third kappa shape index (κ3) is 3.36. The zero-order valence-corrected chi connectivity index (χ0v) is 11.0. The van der Waals surface area contributed by atoms with Crippen LogP contribution in [0.5, 0.6) is 0 Å². The molecule has 4 heteroatoms. The minimum atomic E-state index is 0. The maximum Gasteiger partial charge on any atom is 0.0438 e. The minimum absolute atomic E-state index is 0. The van der Waals surface area contributed by atoms with E-state index < -0.39 is 0 Å². The first-order chi connectivity index (χ1) is 7.15. The predicted molar refractivity (Wildman–Crippen MR) is 71.3 cm³/mol. The van der Waals surface area contributed by atoms with E-state index in [0.717, 1.165) is 36.6 Å². The molecule has 16 heavy (non-hydrogen) atoms. The van der Waals surface area contributed by atoms with E-state index in [2.05, 4.69) is 23.1 Å². The first-order valence-electron chi connectivity index (χ1n) is 5.38. The molecule has 0 saturated carbocycles. The Hall–Kier alpha value is -0.280. The topological polar surface area (TPSA) is 29.3 Å². The second kappa shape index (κ2) is 5.87. The number of halogens is 2. The van der Waals surface area contributed by atoms with E-state index in [1.54, 1.807) is 0 Å². The van der Waals surface area contributed by atoms with Crippen molar-refractivity contribution in [2.75, 3.05) is 13.1 Å². The maximum atomic E-state index is 6.08. The fourth-order valence-corrected chi connectivity index (χ4v) is 2.20. The summed E-state index contributed by atoms with van der Waals surface area (Å²) in [6, 6.07) is 6.63. The van der Waals surface area contributed by atoms with Crippen LogP contribution in [0.1, 0.15) is 17.5 Å². The second-order valence-corrected chi connectivity index (χ2v) is 4.77. The largest absolute Gasteiger partial charge is 0.326 e. The van der Waals surface area contributed by atoms with Crippen LogP contribution >= 0.6 is 24.0 Å². The highest BCUT2D eigenvalue weighted by molar-refractivity contribution is 6.31. The molecule has 1 aromatic rings. The summed E-state index contributed by atoms with van der Waals surface area (Å²) in [5, 5.41) is 0.857. The fraction of sp³-hybridized carbons (Fsp3) is 0.500. The van der Waals surface area contributed by atoms with Crippen LogP contribution in [-0.2, 0) is 6.54 Å². The quantitative estimate of drug-likeness (QED) is 0.886. The normalized spacial score (nSPS) is 20.8. The van der Waals surface area contributed by atoms with Crippen molar-refractivity contribution in [3.05, 3.63) is 34.3 Å². The zero-order valence-electron chi connectivity index (χ0n) is 9.45. The van der Waals surface area contributed by atoms with E-state index >= 15 is 0 Å². The second-order valence-electron chi connectivity index (χ2n) is 4.37. The monoisotopic (exact) mass is 260 g/mol. The summed E-state index contributed by atoms with van der Waals surface area (Å²) in [4.78, 5) is 2.38. The SMILES string of the molecule is Cc1ccc(CN2CC[C@@H](N)C2)cc1Cl.Cl. The molecule has 1 atom stereocenters. The summed E-state index contributed by atoms with van der Waals surface area (Å²) in [6.07, 6.45) is 1.11. The Morgan fingerprint density at radius 2 is 2.25 bits per heavy atom. The van der Waals surface area contributed by atoms with Crippen molar-refractivity contribution in [2.24, 2.45) is 5.73 Å². The van der Waals surface area contributed by atoms with E-state index in [1.165, 1.54) is 5.56 Å². The molecule has 1 aromatic carbocycles. The smallest absolute Gasteiger partial charge is 0.0438 e. The lowest BCUT2D eigenvalue weighted by molar-refractivity contribution is 0.327. The zero-order chi connectivity index (χ0) is 10.8. The molecule has 0 spiro atoms. The molecule has 1 aliphatic rings. The van der Waals surface area contributed by atoms with E-state index in [1.807, 2.05) is 6.92 Å². The molecular formula is C12H18Cl2N2. The van der Waals surface area contributed by atoms with Crippen molar-refractivity contribution in [3.63, 3.8) is 0 Å². The Kier molecular flexibility index (Phi) is 5.06.